The van der Waals surface area contributed by atoms with Crippen molar-refractivity contribution in [3.63, 3.8) is 0 Å². The number of furan rings is 1. The molecule has 2 aliphatic rings. The Balaban J connectivity index is 1.23. The molecular formula is C40H30N4O. The monoisotopic (exact) mass is 582 g/mol. The van der Waals surface area contributed by atoms with E-state index in [4.69, 9.17) is 15.1 Å². The molecule has 4 N–H and O–H groups in total. The molecule has 0 spiro atoms. The van der Waals surface area contributed by atoms with Crippen LogP contribution in [0.5, 0.6) is 0 Å². The fourth-order valence-electron chi connectivity index (χ4n) is 7.22. The lowest BCUT2D eigenvalue weighted by Crippen LogP contribution is -2.45. The van der Waals surface area contributed by atoms with Gasteiger partial charge in [-0.15, -0.1) is 0 Å². The number of anilines is 1. The Bertz CT molecular complexity index is 2350. The van der Waals surface area contributed by atoms with Gasteiger partial charge in [-0.05, 0) is 74.0 Å². The summed E-state index contributed by atoms with van der Waals surface area (Å²) in [5, 5.41) is 13.4. The van der Waals surface area contributed by atoms with Crippen molar-refractivity contribution in [3.05, 3.63) is 144 Å². The van der Waals surface area contributed by atoms with E-state index in [-0.39, 0.29) is 12.3 Å². The average Bonchev–Trinajstić information content (AvgIpc) is 3.60. The van der Waals surface area contributed by atoms with Gasteiger partial charge in [0.1, 0.15) is 23.8 Å². The first-order valence-corrected chi connectivity index (χ1v) is 15.4. The average molecular weight is 583 g/mol. The fourth-order valence-corrected chi connectivity index (χ4v) is 7.22. The van der Waals surface area contributed by atoms with Crippen molar-refractivity contribution < 1.29 is 4.42 Å². The summed E-state index contributed by atoms with van der Waals surface area (Å²) in [5.74, 6) is 1.15. The summed E-state index contributed by atoms with van der Waals surface area (Å²) in [4.78, 5) is 5.37. The number of rotatable bonds is 4. The molecule has 9 rings (SSSR count). The van der Waals surface area contributed by atoms with Crippen molar-refractivity contribution in [1.29, 1.82) is 0 Å². The number of nitrogens with zero attached hydrogens (tertiary/aromatic N) is 1. The molecule has 5 heteroatoms. The Morgan fingerprint density at radius 2 is 1.44 bits per heavy atom. The first-order valence-electron chi connectivity index (χ1n) is 15.4. The minimum Gasteiger partial charge on any atom is -0.440 e. The number of hydrogen-bond donors (Lipinski definition) is 3. The fraction of sp³-hybridized carbons (Fsp3) is 0.0750. The van der Waals surface area contributed by atoms with Gasteiger partial charge in [0.2, 0.25) is 0 Å². The highest BCUT2D eigenvalue weighted by Crippen LogP contribution is 2.49. The van der Waals surface area contributed by atoms with E-state index in [1.54, 1.807) is 0 Å². The predicted molar refractivity (Wildman–Crippen MR) is 186 cm³/mol. The molecule has 1 aromatic heterocycles. The van der Waals surface area contributed by atoms with Crippen LogP contribution in [0.4, 0.5) is 5.88 Å². The molecule has 216 valence electrons. The number of nitrogens with one attached hydrogen (secondary N) is 2. The maximum absolute atomic E-state index is 6.54. The zero-order chi connectivity index (χ0) is 30.1. The number of benzene rings is 6. The number of allylic oxidation sites excluding steroid dienone is 1. The van der Waals surface area contributed by atoms with Crippen LogP contribution in [-0.2, 0) is 0 Å². The van der Waals surface area contributed by atoms with Crippen LogP contribution in [0, 0.1) is 0 Å². The smallest absolute Gasteiger partial charge is 0.199 e. The molecule has 1 aliphatic heterocycles. The van der Waals surface area contributed by atoms with Crippen molar-refractivity contribution >= 4 is 49.8 Å². The van der Waals surface area contributed by atoms with Crippen LogP contribution in [0.15, 0.2) is 137 Å². The summed E-state index contributed by atoms with van der Waals surface area (Å²) < 4.78 is 6.00. The van der Waals surface area contributed by atoms with Gasteiger partial charge in [-0.25, -0.2) is 4.99 Å². The zero-order valence-electron chi connectivity index (χ0n) is 24.7. The van der Waals surface area contributed by atoms with Crippen LogP contribution in [-0.4, -0.2) is 5.84 Å². The molecule has 2 unspecified atom stereocenters. The number of amidine groups is 1. The third kappa shape index (κ3) is 3.94. The van der Waals surface area contributed by atoms with Crippen LogP contribution < -0.4 is 16.4 Å². The third-order valence-corrected chi connectivity index (χ3v) is 9.28. The van der Waals surface area contributed by atoms with Gasteiger partial charge in [-0.1, -0.05) is 115 Å². The molecule has 45 heavy (non-hydrogen) atoms. The van der Waals surface area contributed by atoms with E-state index in [1.165, 1.54) is 43.8 Å². The van der Waals surface area contributed by atoms with Gasteiger partial charge in [0, 0.05) is 11.0 Å². The van der Waals surface area contributed by atoms with Crippen molar-refractivity contribution in [2.45, 2.75) is 19.3 Å². The summed E-state index contributed by atoms with van der Waals surface area (Å²) in [6, 6.07) is 42.8. The van der Waals surface area contributed by atoms with Gasteiger partial charge in [0.25, 0.3) is 0 Å². The Morgan fingerprint density at radius 3 is 2.29 bits per heavy atom. The summed E-state index contributed by atoms with van der Waals surface area (Å²) in [5.41, 5.74) is 16.4. The van der Waals surface area contributed by atoms with Crippen LogP contribution in [0.2, 0.25) is 0 Å². The second-order valence-corrected chi connectivity index (χ2v) is 11.7. The van der Waals surface area contributed by atoms with E-state index >= 15 is 0 Å². The van der Waals surface area contributed by atoms with Crippen molar-refractivity contribution in [1.82, 2.24) is 10.6 Å². The van der Waals surface area contributed by atoms with Gasteiger partial charge in [-0.3, -0.25) is 5.32 Å². The molecule has 0 saturated heterocycles. The highest BCUT2D eigenvalue weighted by atomic mass is 16.3. The Kier molecular flexibility index (Phi) is 5.70. The second kappa shape index (κ2) is 9.94. The van der Waals surface area contributed by atoms with E-state index in [0.717, 1.165) is 39.1 Å². The Morgan fingerprint density at radius 1 is 0.733 bits per heavy atom. The van der Waals surface area contributed by atoms with Crippen LogP contribution in [0.1, 0.15) is 35.9 Å². The third-order valence-electron chi connectivity index (χ3n) is 9.28. The zero-order valence-corrected chi connectivity index (χ0v) is 24.7. The van der Waals surface area contributed by atoms with E-state index in [0.29, 0.717) is 5.88 Å². The van der Waals surface area contributed by atoms with E-state index in [1.807, 2.05) is 25.1 Å². The van der Waals surface area contributed by atoms with E-state index < -0.39 is 0 Å². The summed E-state index contributed by atoms with van der Waals surface area (Å²) in [7, 11) is 0. The number of aliphatic imine (C=N–C) groups is 1. The quantitative estimate of drug-likeness (QED) is 0.193. The highest BCUT2D eigenvalue weighted by Gasteiger charge is 2.31. The molecule has 0 amide bonds. The SMILES string of the molecule is C/C=C(/C1=NC(c2ccc3c4c(cccc24)-c2ccccc2-3)NC(c2ccc3ccccc3c2)N1)c1c(N)oc2ccccc12. The summed E-state index contributed by atoms with van der Waals surface area (Å²) in [6.07, 6.45) is 1.55. The maximum atomic E-state index is 6.54. The summed E-state index contributed by atoms with van der Waals surface area (Å²) in [6.45, 7) is 2.03. The maximum Gasteiger partial charge on any atom is 0.199 e. The molecule has 2 atom stereocenters. The molecule has 0 fully saturated rings. The molecule has 0 bridgehead atoms. The van der Waals surface area contributed by atoms with Gasteiger partial charge in [0.15, 0.2) is 5.88 Å². The van der Waals surface area contributed by atoms with Gasteiger partial charge >= 0.3 is 0 Å². The highest BCUT2D eigenvalue weighted by molar-refractivity contribution is 6.27. The molecule has 5 nitrogen and oxygen atoms in total. The lowest BCUT2D eigenvalue weighted by Gasteiger charge is -2.33. The van der Waals surface area contributed by atoms with Crippen LogP contribution in [0.3, 0.4) is 0 Å². The molecular weight excluding hydrogens is 552 g/mol. The van der Waals surface area contributed by atoms with E-state index in [2.05, 4.69) is 120 Å². The van der Waals surface area contributed by atoms with Crippen molar-refractivity contribution in [2.24, 2.45) is 4.99 Å². The standard InChI is InChI=1S/C40H30N4O/c1-2-26(36-33-14-7-8-17-34(33)45-37(36)41)39-42-38(25-19-18-23-10-3-4-11-24(23)22-25)43-40(44-39)32-21-20-31-28-13-6-5-12-27(28)29-15-9-16-30(32)35(29)31/h2-22,38,40,43H,41H2,1H3,(H,42,44)/b26-2+. The molecule has 2 heterocycles. The number of nitrogen functional groups attached to an aromatic ring is 1. The van der Waals surface area contributed by atoms with Crippen LogP contribution >= 0.6 is 0 Å². The molecule has 6 aromatic carbocycles. The first kappa shape index (κ1) is 25.8. The van der Waals surface area contributed by atoms with Crippen LogP contribution in [0.25, 0.3) is 60.3 Å². The predicted octanol–water partition coefficient (Wildman–Crippen LogP) is 9.36. The van der Waals surface area contributed by atoms with E-state index in [9.17, 15) is 0 Å². The number of hydrogen-bond acceptors (Lipinski definition) is 5. The number of nitrogens with two attached hydrogens (primary N) is 1. The lowest BCUT2D eigenvalue weighted by atomic mass is 9.95. The first-order chi connectivity index (χ1) is 22.2. The largest absolute Gasteiger partial charge is 0.440 e. The molecule has 0 saturated carbocycles. The van der Waals surface area contributed by atoms with Crippen molar-refractivity contribution in [3.8, 4) is 22.3 Å². The Hall–Kier alpha value is -5.65. The topological polar surface area (TPSA) is 75.6 Å². The molecule has 0 radical (unpaired) electrons. The lowest BCUT2D eigenvalue weighted by molar-refractivity contribution is 0.412. The number of para-hydroxylation sites is 1. The van der Waals surface area contributed by atoms with Gasteiger partial charge in [-0.2, -0.15) is 0 Å². The summed E-state index contributed by atoms with van der Waals surface area (Å²) >= 11 is 0. The minimum atomic E-state index is -0.319. The number of fused-ring (bicyclic) bond motifs is 5. The van der Waals surface area contributed by atoms with Crippen molar-refractivity contribution in [2.75, 3.05) is 5.73 Å². The van der Waals surface area contributed by atoms with Gasteiger partial charge < -0.3 is 15.5 Å². The van der Waals surface area contributed by atoms with Gasteiger partial charge in [0.05, 0.1) is 5.56 Å². The second-order valence-electron chi connectivity index (χ2n) is 11.7. The molecule has 7 aromatic rings. The Labute approximate surface area is 260 Å². The normalized spacial score (nSPS) is 17.4. The molecule has 1 aliphatic carbocycles. The minimum absolute atomic E-state index is 0.207.